The Kier molecular flexibility index (Phi) is 5.33. The normalized spacial score (nSPS) is 20.3. The second kappa shape index (κ2) is 6.30. The lowest BCUT2D eigenvalue weighted by molar-refractivity contribution is -0.131. The topological polar surface area (TPSA) is 46.3 Å². The van der Waals surface area contributed by atoms with E-state index in [9.17, 15) is 4.79 Å². The third kappa shape index (κ3) is 3.88. The second-order valence-corrected chi connectivity index (χ2v) is 4.94. The van der Waals surface area contributed by atoms with Crippen molar-refractivity contribution in [3.8, 4) is 0 Å². The average Bonchev–Trinajstić information content (AvgIpc) is 2.45. The van der Waals surface area contributed by atoms with Crippen molar-refractivity contribution in [1.82, 2.24) is 4.90 Å². The molecule has 14 heavy (non-hydrogen) atoms. The fraction of sp³-hybridized carbons (Fsp3) is 0.900. The highest BCUT2D eigenvalue weighted by atomic mass is 32.2. The van der Waals surface area contributed by atoms with Gasteiger partial charge in [-0.25, -0.2) is 0 Å². The Morgan fingerprint density at radius 3 is 3.00 bits per heavy atom. The quantitative estimate of drug-likeness (QED) is 0.768. The van der Waals surface area contributed by atoms with Crippen LogP contribution in [0.15, 0.2) is 0 Å². The number of nitrogens with two attached hydrogens (primary N) is 1. The summed E-state index contributed by atoms with van der Waals surface area (Å²) >= 11 is 1.94. The maximum atomic E-state index is 11.8. The predicted octanol–water partition coefficient (Wildman–Crippen LogP) is 1.08. The van der Waals surface area contributed by atoms with Crippen molar-refractivity contribution in [2.24, 2.45) is 5.73 Å². The Labute approximate surface area is 90.4 Å². The maximum Gasteiger partial charge on any atom is 0.224 e. The van der Waals surface area contributed by atoms with Crippen LogP contribution in [-0.2, 0) is 4.79 Å². The first-order chi connectivity index (χ1) is 6.74. The SMILES string of the molecule is CCC(N)CC(=O)N1CCCSCC1. The molecule has 0 aromatic rings. The summed E-state index contributed by atoms with van der Waals surface area (Å²) in [6.45, 7) is 3.85. The van der Waals surface area contributed by atoms with Crippen LogP contribution >= 0.6 is 11.8 Å². The summed E-state index contributed by atoms with van der Waals surface area (Å²) < 4.78 is 0. The van der Waals surface area contributed by atoms with E-state index in [2.05, 4.69) is 0 Å². The molecule has 1 atom stereocenters. The molecular weight excluding hydrogens is 196 g/mol. The van der Waals surface area contributed by atoms with Crippen LogP contribution in [0.25, 0.3) is 0 Å². The summed E-state index contributed by atoms with van der Waals surface area (Å²) in [6, 6.07) is 0.0402. The van der Waals surface area contributed by atoms with Crippen LogP contribution < -0.4 is 5.73 Å². The van der Waals surface area contributed by atoms with E-state index >= 15 is 0 Å². The molecule has 1 amide bonds. The molecule has 1 rings (SSSR count). The lowest BCUT2D eigenvalue weighted by atomic mass is 10.1. The molecule has 2 N–H and O–H groups in total. The molecule has 0 aromatic heterocycles. The number of thioether (sulfide) groups is 1. The van der Waals surface area contributed by atoms with Crippen LogP contribution in [0.4, 0.5) is 0 Å². The van der Waals surface area contributed by atoms with Crippen molar-refractivity contribution in [3.05, 3.63) is 0 Å². The summed E-state index contributed by atoms with van der Waals surface area (Å²) in [6.07, 6.45) is 2.52. The number of nitrogens with zero attached hydrogens (tertiary/aromatic N) is 1. The van der Waals surface area contributed by atoms with E-state index in [0.29, 0.717) is 6.42 Å². The molecule has 4 heteroatoms. The van der Waals surface area contributed by atoms with Crippen molar-refractivity contribution < 1.29 is 4.79 Å². The largest absolute Gasteiger partial charge is 0.342 e. The Bertz CT molecular complexity index is 179. The van der Waals surface area contributed by atoms with Gasteiger partial charge in [-0.1, -0.05) is 6.92 Å². The molecule has 1 aliphatic rings. The third-order valence-electron chi connectivity index (χ3n) is 2.54. The molecule has 0 radical (unpaired) electrons. The maximum absolute atomic E-state index is 11.8. The van der Waals surface area contributed by atoms with Gasteiger partial charge < -0.3 is 10.6 Å². The van der Waals surface area contributed by atoms with Crippen molar-refractivity contribution in [1.29, 1.82) is 0 Å². The van der Waals surface area contributed by atoms with Gasteiger partial charge in [-0.05, 0) is 18.6 Å². The van der Waals surface area contributed by atoms with E-state index in [1.807, 2.05) is 23.6 Å². The van der Waals surface area contributed by atoms with Gasteiger partial charge in [0, 0.05) is 31.3 Å². The van der Waals surface area contributed by atoms with Gasteiger partial charge in [-0.3, -0.25) is 4.79 Å². The Hall–Kier alpha value is -0.220. The molecule has 0 aromatic carbocycles. The highest BCUT2D eigenvalue weighted by Gasteiger charge is 2.17. The summed E-state index contributed by atoms with van der Waals surface area (Å²) in [5.74, 6) is 2.50. The van der Waals surface area contributed by atoms with Crippen LogP contribution in [0.1, 0.15) is 26.2 Å². The molecule has 1 fully saturated rings. The number of hydrogen-bond donors (Lipinski definition) is 1. The number of rotatable bonds is 3. The van der Waals surface area contributed by atoms with E-state index in [1.165, 1.54) is 5.75 Å². The zero-order valence-corrected chi connectivity index (χ0v) is 9.68. The summed E-state index contributed by atoms with van der Waals surface area (Å²) in [7, 11) is 0. The number of carbonyl (C=O) groups excluding carboxylic acids is 1. The summed E-state index contributed by atoms with van der Waals surface area (Å²) in [5, 5.41) is 0. The number of amides is 1. The van der Waals surface area contributed by atoms with Gasteiger partial charge in [-0.2, -0.15) is 11.8 Å². The van der Waals surface area contributed by atoms with Crippen LogP contribution in [0.5, 0.6) is 0 Å². The zero-order valence-electron chi connectivity index (χ0n) is 8.87. The summed E-state index contributed by atoms with van der Waals surface area (Å²) in [4.78, 5) is 13.7. The molecule has 0 spiro atoms. The van der Waals surface area contributed by atoms with Crippen molar-refractivity contribution in [2.75, 3.05) is 24.6 Å². The molecule has 1 unspecified atom stereocenters. The first-order valence-electron chi connectivity index (χ1n) is 5.35. The first kappa shape index (κ1) is 11.9. The standard InChI is InChI=1S/C10H20N2OS/c1-2-9(11)8-10(13)12-4-3-6-14-7-5-12/h9H,2-8,11H2,1H3. The highest BCUT2D eigenvalue weighted by molar-refractivity contribution is 7.99. The molecule has 0 aliphatic carbocycles. The van der Waals surface area contributed by atoms with E-state index < -0.39 is 0 Å². The molecule has 1 saturated heterocycles. The molecule has 1 aliphatic heterocycles. The lowest BCUT2D eigenvalue weighted by Gasteiger charge is -2.21. The Morgan fingerprint density at radius 1 is 1.50 bits per heavy atom. The van der Waals surface area contributed by atoms with Crippen LogP contribution in [0.3, 0.4) is 0 Å². The minimum Gasteiger partial charge on any atom is -0.342 e. The highest BCUT2D eigenvalue weighted by Crippen LogP contribution is 2.11. The fourth-order valence-corrected chi connectivity index (χ4v) is 2.38. The van der Waals surface area contributed by atoms with Crippen molar-refractivity contribution >= 4 is 17.7 Å². The third-order valence-corrected chi connectivity index (χ3v) is 3.58. The number of hydrogen-bond acceptors (Lipinski definition) is 3. The minimum atomic E-state index is 0.0402. The smallest absolute Gasteiger partial charge is 0.224 e. The van der Waals surface area contributed by atoms with Gasteiger partial charge in [0.05, 0.1) is 0 Å². The molecule has 1 heterocycles. The average molecular weight is 216 g/mol. The predicted molar refractivity (Wildman–Crippen MR) is 61.4 cm³/mol. The molecule has 3 nitrogen and oxygen atoms in total. The second-order valence-electron chi connectivity index (χ2n) is 3.72. The Balaban J connectivity index is 2.34. The molecular formula is C10H20N2OS. The van der Waals surface area contributed by atoms with Crippen molar-refractivity contribution in [2.45, 2.75) is 32.2 Å². The van der Waals surface area contributed by atoms with E-state index in [-0.39, 0.29) is 11.9 Å². The van der Waals surface area contributed by atoms with Gasteiger partial charge in [0.25, 0.3) is 0 Å². The van der Waals surface area contributed by atoms with Gasteiger partial charge in [0.2, 0.25) is 5.91 Å². The lowest BCUT2D eigenvalue weighted by Crippen LogP contribution is -2.37. The van der Waals surface area contributed by atoms with Gasteiger partial charge >= 0.3 is 0 Å². The summed E-state index contributed by atoms with van der Waals surface area (Å²) in [5.41, 5.74) is 5.77. The van der Waals surface area contributed by atoms with E-state index in [0.717, 1.165) is 31.7 Å². The number of carbonyl (C=O) groups is 1. The van der Waals surface area contributed by atoms with Crippen molar-refractivity contribution in [3.63, 3.8) is 0 Å². The molecule has 0 bridgehead atoms. The molecule has 82 valence electrons. The first-order valence-corrected chi connectivity index (χ1v) is 6.50. The van der Waals surface area contributed by atoms with Gasteiger partial charge in [0.1, 0.15) is 0 Å². The van der Waals surface area contributed by atoms with Gasteiger partial charge in [0.15, 0.2) is 0 Å². The molecule has 0 saturated carbocycles. The van der Waals surface area contributed by atoms with Crippen LogP contribution in [0, 0.1) is 0 Å². The van der Waals surface area contributed by atoms with E-state index in [1.54, 1.807) is 0 Å². The van der Waals surface area contributed by atoms with Crippen LogP contribution in [0.2, 0.25) is 0 Å². The minimum absolute atomic E-state index is 0.0402. The van der Waals surface area contributed by atoms with Gasteiger partial charge in [-0.15, -0.1) is 0 Å². The zero-order chi connectivity index (χ0) is 10.4. The van der Waals surface area contributed by atoms with Crippen LogP contribution in [-0.4, -0.2) is 41.4 Å². The Morgan fingerprint density at radius 2 is 2.29 bits per heavy atom. The monoisotopic (exact) mass is 216 g/mol. The fourth-order valence-electron chi connectivity index (χ4n) is 1.49. The van der Waals surface area contributed by atoms with E-state index in [4.69, 9.17) is 5.73 Å².